The van der Waals surface area contributed by atoms with E-state index in [0.717, 1.165) is 36.8 Å². The molecule has 0 spiro atoms. The summed E-state index contributed by atoms with van der Waals surface area (Å²) in [5, 5.41) is 14.4. The maximum Gasteiger partial charge on any atom is 0.137 e. The molecule has 90 valence electrons. The zero-order valence-corrected chi connectivity index (χ0v) is 9.74. The molecule has 0 saturated heterocycles. The summed E-state index contributed by atoms with van der Waals surface area (Å²) in [6.07, 6.45) is 6.77. The fraction of sp³-hybridized carbons (Fsp3) is 0.462. The van der Waals surface area contributed by atoms with E-state index >= 15 is 0 Å². The number of H-pyrrole nitrogens is 1. The summed E-state index contributed by atoms with van der Waals surface area (Å²) in [5.74, 6) is 0. The van der Waals surface area contributed by atoms with Crippen molar-refractivity contribution in [3.05, 3.63) is 30.1 Å². The van der Waals surface area contributed by atoms with Crippen LogP contribution in [0.2, 0.25) is 0 Å². The second-order valence-electron chi connectivity index (χ2n) is 4.89. The number of nitrogens with one attached hydrogen (secondary N) is 2. The number of nitrogens with zero attached hydrogens (tertiary/aromatic N) is 1. The van der Waals surface area contributed by atoms with Crippen LogP contribution in [0.4, 0.5) is 0 Å². The monoisotopic (exact) mass is 231 g/mol. The molecule has 17 heavy (non-hydrogen) atoms. The van der Waals surface area contributed by atoms with Gasteiger partial charge in [0.15, 0.2) is 0 Å². The number of aromatic amines is 1. The maximum atomic E-state index is 9.97. The lowest BCUT2D eigenvalue weighted by atomic mass is 9.80. The van der Waals surface area contributed by atoms with Crippen molar-refractivity contribution in [2.24, 2.45) is 0 Å². The van der Waals surface area contributed by atoms with Gasteiger partial charge in [0.1, 0.15) is 5.65 Å². The zero-order chi connectivity index (χ0) is 11.7. The van der Waals surface area contributed by atoms with Gasteiger partial charge >= 0.3 is 0 Å². The van der Waals surface area contributed by atoms with Crippen LogP contribution in [0, 0.1) is 0 Å². The van der Waals surface area contributed by atoms with Crippen LogP contribution in [0.15, 0.2) is 24.5 Å². The Balaban J connectivity index is 1.65. The SMILES string of the molecule is OC1(CNCc2c[nH]c3ncccc23)CCC1. The summed E-state index contributed by atoms with van der Waals surface area (Å²) in [4.78, 5) is 7.40. The molecule has 3 rings (SSSR count). The van der Waals surface area contributed by atoms with Crippen molar-refractivity contribution in [2.45, 2.75) is 31.4 Å². The third-order valence-electron chi connectivity index (χ3n) is 3.59. The molecule has 3 N–H and O–H groups in total. The van der Waals surface area contributed by atoms with Crippen LogP contribution in [-0.2, 0) is 6.54 Å². The molecule has 1 aliphatic carbocycles. The lowest BCUT2D eigenvalue weighted by Crippen LogP contribution is -2.45. The standard InChI is InChI=1S/C13H17N3O/c17-13(4-2-5-13)9-14-7-10-8-16-12-11(10)3-1-6-15-12/h1,3,6,8,14,17H,2,4-5,7,9H2,(H,15,16). The maximum absolute atomic E-state index is 9.97. The molecule has 0 unspecified atom stereocenters. The van der Waals surface area contributed by atoms with Crippen LogP contribution < -0.4 is 5.32 Å². The molecule has 0 atom stereocenters. The van der Waals surface area contributed by atoms with Gasteiger partial charge in [0.2, 0.25) is 0 Å². The first kappa shape index (κ1) is 10.7. The topological polar surface area (TPSA) is 60.9 Å². The van der Waals surface area contributed by atoms with Crippen LogP contribution in [0.5, 0.6) is 0 Å². The van der Waals surface area contributed by atoms with E-state index in [2.05, 4.69) is 21.4 Å². The molecule has 1 aliphatic rings. The molecule has 0 radical (unpaired) electrons. The van der Waals surface area contributed by atoms with Gasteiger partial charge in [0.25, 0.3) is 0 Å². The van der Waals surface area contributed by atoms with Crippen molar-refractivity contribution in [2.75, 3.05) is 6.54 Å². The van der Waals surface area contributed by atoms with E-state index in [1.807, 2.05) is 12.3 Å². The highest BCUT2D eigenvalue weighted by Gasteiger charge is 2.33. The van der Waals surface area contributed by atoms with Crippen molar-refractivity contribution in [1.82, 2.24) is 15.3 Å². The van der Waals surface area contributed by atoms with Crippen molar-refractivity contribution < 1.29 is 5.11 Å². The van der Waals surface area contributed by atoms with E-state index in [9.17, 15) is 5.11 Å². The Morgan fingerprint density at radius 2 is 2.35 bits per heavy atom. The van der Waals surface area contributed by atoms with E-state index in [1.165, 1.54) is 5.56 Å². The van der Waals surface area contributed by atoms with Gasteiger partial charge < -0.3 is 15.4 Å². The Morgan fingerprint density at radius 1 is 1.47 bits per heavy atom. The number of pyridine rings is 1. The summed E-state index contributed by atoms with van der Waals surface area (Å²) in [7, 11) is 0. The van der Waals surface area contributed by atoms with Crippen molar-refractivity contribution in [1.29, 1.82) is 0 Å². The third-order valence-corrected chi connectivity index (χ3v) is 3.59. The van der Waals surface area contributed by atoms with Gasteiger partial charge in [-0.15, -0.1) is 0 Å². The lowest BCUT2D eigenvalue weighted by Gasteiger charge is -2.36. The quantitative estimate of drug-likeness (QED) is 0.748. The number of fused-ring (bicyclic) bond motifs is 1. The average molecular weight is 231 g/mol. The molecule has 4 heteroatoms. The van der Waals surface area contributed by atoms with E-state index in [0.29, 0.717) is 6.54 Å². The molecule has 1 saturated carbocycles. The largest absolute Gasteiger partial charge is 0.389 e. The highest BCUT2D eigenvalue weighted by molar-refractivity contribution is 5.79. The van der Waals surface area contributed by atoms with Crippen LogP contribution in [0.3, 0.4) is 0 Å². The van der Waals surface area contributed by atoms with Gasteiger partial charge in [-0.3, -0.25) is 0 Å². The molecule has 1 fully saturated rings. The number of rotatable bonds is 4. The Hall–Kier alpha value is -1.39. The molecule has 0 aromatic carbocycles. The Bertz CT molecular complexity index is 516. The van der Waals surface area contributed by atoms with Gasteiger partial charge in [-0.2, -0.15) is 0 Å². The third kappa shape index (κ3) is 2.06. The number of hydrogen-bond acceptors (Lipinski definition) is 3. The van der Waals surface area contributed by atoms with Crippen molar-refractivity contribution in [3.8, 4) is 0 Å². The summed E-state index contributed by atoms with van der Waals surface area (Å²) in [5.41, 5.74) is 1.67. The fourth-order valence-electron chi connectivity index (χ4n) is 2.35. The lowest BCUT2D eigenvalue weighted by molar-refractivity contribution is -0.0314. The fourth-order valence-corrected chi connectivity index (χ4v) is 2.35. The van der Waals surface area contributed by atoms with Crippen LogP contribution >= 0.6 is 0 Å². The molecule has 0 aliphatic heterocycles. The van der Waals surface area contributed by atoms with E-state index < -0.39 is 5.60 Å². The van der Waals surface area contributed by atoms with E-state index in [1.54, 1.807) is 6.20 Å². The number of hydrogen-bond donors (Lipinski definition) is 3. The second kappa shape index (κ2) is 4.13. The molecule has 0 bridgehead atoms. The predicted octanol–water partition coefficient (Wildman–Crippen LogP) is 1.57. The molecule has 0 amide bonds. The van der Waals surface area contributed by atoms with E-state index in [4.69, 9.17) is 0 Å². The normalized spacial score (nSPS) is 18.2. The molecule has 2 aromatic heterocycles. The first-order chi connectivity index (χ1) is 8.27. The van der Waals surface area contributed by atoms with Crippen LogP contribution in [-0.4, -0.2) is 27.2 Å². The Labute approximate surface area is 100 Å². The first-order valence-corrected chi connectivity index (χ1v) is 6.11. The highest BCUT2D eigenvalue weighted by atomic mass is 16.3. The van der Waals surface area contributed by atoms with Crippen molar-refractivity contribution in [3.63, 3.8) is 0 Å². The summed E-state index contributed by atoms with van der Waals surface area (Å²) < 4.78 is 0. The van der Waals surface area contributed by atoms with Gasteiger partial charge in [-0.05, 0) is 37.0 Å². The first-order valence-electron chi connectivity index (χ1n) is 6.11. The molecule has 4 nitrogen and oxygen atoms in total. The minimum absolute atomic E-state index is 0.454. The van der Waals surface area contributed by atoms with Gasteiger partial charge in [0, 0.05) is 30.9 Å². The van der Waals surface area contributed by atoms with Crippen LogP contribution in [0.25, 0.3) is 11.0 Å². The molecular weight excluding hydrogens is 214 g/mol. The minimum atomic E-state index is -0.454. The number of aromatic nitrogens is 2. The number of aliphatic hydroxyl groups is 1. The predicted molar refractivity (Wildman–Crippen MR) is 66.6 cm³/mol. The smallest absolute Gasteiger partial charge is 0.137 e. The van der Waals surface area contributed by atoms with Gasteiger partial charge in [0.05, 0.1) is 5.60 Å². The summed E-state index contributed by atoms with van der Waals surface area (Å²) in [6, 6.07) is 4.01. The van der Waals surface area contributed by atoms with Crippen molar-refractivity contribution >= 4 is 11.0 Å². The molecule has 2 aromatic rings. The highest BCUT2D eigenvalue weighted by Crippen LogP contribution is 2.30. The minimum Gasteiger partial charge on any atom is -0.389 e. The zero-order valence-electron chi connectivity index (χ0n) is 9.74. The van der Waals surface area contributed by atoms with Gasteiger partial charge in [-0.25, -0.2) is 4.98 Å². The van der Waals surface area contributed by atoms with E-state index in [-0.39, 0.29) is 0 Å². The molecular formula is C13H17N3O. The summed E-state index contributed by atoms with van der Waals surface area (Å²) in [6.45, 7) is 1.45. The Morgan fingerprint density at radius 3 is 3.12 bits per heavy atom. The Kier molecular flexibility index (Phi) is 2.61. The van der Waals surface area contributed by atoms with Crippen LogP contribution in [0.1, 0.15) is 24.8 Å². The second-order valence-corrected chi connectivity index (χ2v) is 4.89. The molecule has 2 heterocycles. The average Bonchev–Trinajstić information content (AvgIpc) is 2.71. The van der Waals surface area contributed by atoms with Gasteiger partial charge in [-0.1, -0.05) is 0 Å². The summed E-state index contributed by atoms with van der Waals surface area (Å²) >= 11 is 0.